The van der Waals surface area contributed by atoms with Gasteiger partial charge >= 0.3 is 0 Å². The van der Waals surface area contributed by atoms with Crippen molar-refractivity contribution in [1.82, 2.24) is 24.1 Å². The topological polar surface area (TPSA) is 49.7 Å². The number of hydrogen-bond donors (Lipinski definition) is 1. The van der Waals surface area contributed by atoms with Crippen LogP contribution in [0.1, 0.15) is 12.0 Å². The van der Waals surface area contributed by atoms with Crippen LogP contribution in [0.4, 0.5) is 0 Å². The average molecular weight is 404 g/mol. The number of rotatable bonds is 7. The summed E-state index contributed by atoms with van der Waals surface area (Å²) in [5.41, 5.74) is 6.74. The van der Waals surface area contributed by atoms with Gasteiger partial charge in [0.2, 0.25) is 0 Å². The quantitative estimate of drug-likeness (QED) is 0.441. The lowest BCUT2D eigenvalue weighted by Crippen LogP contribution is -2.21. The second-order valence-corrected chi connectivity index (χ2v) is 7.86. The van der Waals surface area contributed by atoms with E-state index in [4.69, 9.17) is 0 Å². The lowest BCUT2D eigenvalue weighted by atomic mass is 10.00. The molecule has 3 aromatic rings. The van der Waals surface area contributed by atoms with E-state index in [-0.39, 0.29) is 0 Å². The molecule has 3 aromatic heterocycles. The monoisotopic (exact) mass is 403 g/mol. The molecule has 0 atom stereocenters. The zero-order valence-corrected chi connectivity index (χ0v) is 17.5. The van der Waals surface area contributed by atoms with Crippen molar-refractivity contribution in [3.63, 3.8) is 0 Å². The van der Waals surface area contributed by atoms with Crippen molar-refractivity contribution in [2.45, 2.75) is 13.0 Å². The molecule has 4 rings (SSSR count). The Morgan fingerprint density at radius 1 is 1.31 bits per heavy atom. The summed E-state index contributed by atoms with van der Waals surface area (Å²) in [5, 5.41) is 5.64. The minimum absolute atomic E-state index is 0.667. The fraction of sp³-hybridized carbons (Fsp3) is 0.217. The lowest BCUT2D eigenvalue weighted by molar-refractivity contribution is 0.518. The van der Waals surface area contributed by atoms with Crippen LogP contribution in [0.15, 0.2) is 73.9 Å². The maximum Gasteiger partial charge on any atom is 0.137 e. The summed E-state index contributed by atoms with van der Waals surface area (Å²) in [7, 11) is 0. The Kier molecular flexibility index (Phi) is 5.83. The number of hydrogen-bond acceptors (Lipinski definition) is 4. The molecule has 0 aliphatic carbocycles. The molecule has 0 unspecified atom stereocenters. The first-order valence-corrected chi connectivity index (χ1v) is 10.8. The van der Waals surface area contributed by atoms with Gasteiger partial charge in [-0.15, -0.1) is 0 Å². The van der Waals surface area contributed by atoms with Crippen LogP contribution in [0.5, 0.6) is 0 Å². The highest BCUT2D eigenvalue weighted by atomic mass is 32.2. The van der Waals surface area contributed by atoms with Gasteiger partial charge in [-0.25, -0.2) is 9.29 Å². The summed E-state index contributed by atoms with van der Waals surface area (Å²) in [5.74, 6) is 0. The largest absolute Gasteiger partial charge is 0.346 e. The molecule has 0 saturated heterocycles. The maximum absolute atomic E-state index is 4.66. The number of aromatic amines is 1. The summed E-state index contributed by atoms with van der Waals surface area (Å²) < 4.78 is 4.28. The van der Waals surface area contributed by atoms with Gasteiger partial charge in [0.15, 0.2) is 0 Å². The first-order valence-electron chi connectivity index (χ1n) is 9.64. The molecule has 0 bridgehead atoms. The summed E-state index contributed by atoms with van der Waals surface area (Å²) in [6.45, 7) is 10.3. The van der Waals surface area contributed by atoms with E-state index >= 15 is 0 Å². The number of nitrogens with zero attached hydrogens (tertiary/aromatic N) is 4. The molecule has 0 radical (unpaired) electrons. The van der Waals surface area contributed by atoms with Crippen molar-refractivity contribution in [3.05, 3.63) is 79.5 Å². The zero-order valence-electron chi connectivity index (χ0n) is 16.6. The Morgan fingerprint density at radius 2 is 2.21 bits per heavy atom. The highest BCUT2D eigenvalue weighted by Crippen LogP contribution is 2.31. The third-order valence-electron chi connectivity index (χ3n) is 5.21. The summed E-state index contributed by atoms with van der Waals surface area (Å²) in [4.78, 5) is 7.95. The smallest absolute Gasteiger partial charge is 0.137 e. The second-order valence-electron chi connectivity index (χ2n) is 6.98. The van der Waals surface area contributed by atoms with Crippen LogP contribution in [0.3, 0.4) is 0 Å². The van der Waals surface area contributed by atoms with Crippen molar-refractivity contribution in [3.8, 4) is 11.1 Å². The zero-order chi connectivity index (χ0) is 20.2. The van der Waals surface area contributed by atoms with Crippen LogP contribution >= 0.6 is 11.9 Å². The normalized spacial score (nSPS) is 15.5. The summed E-state index contributed by atoms with van der Waals surface area (Å²) in [6.07, 6.45) is 19.0. The third-order valence-corrected chi connectivity index (χ3v) is 6.06. The van der Waals surface area contributed by atoms with Crippen molar-refractivity contribution < 1.29 is 0 Å². The molecular weight excluding hydrogens is 378 g/mol. The SMILES string of the molecule is C=C/C=C(\C=C)Cn1cc(-c2c[nH]c3ncc(C4=CCN(SC)CC4)cc23)cn1. The predicted molar refractivity (Wildman–Crippen MR) is 123 cm³/mol. The third kappa shape index (κ3) is 4.13. The molecule has 0 aromatic carbocycles. The molecule has 0 spiro atoms. The van der Waals surface area contributed by atoms with E-state index < -0.39 is 0 Å². The van der Waals surface area contributed by atoms with Crippen LogP contribution < -0.4 is 0 Å². The molecule has 148 valence electrons. The van der Waals surface area contributed by atoms with Crippen LogP contribution in [-0.4, -0.2) is 43.4 Å². The van der Waals surface area contributed by atoms with E-state index in [2.05, 4.69) is 57.1 Å². The van der Waals surface area contributed by atoms with Crippen LogP contribution in [0, 0.1) is 0 Å². The highest BCUT2D eigenvalue weighted by molar-refractivity contribution is 7.96. The number of aromatic nitrogens is 4. The minimum Gasteiger partial charge on any atom is -0.346 e. The van der Waals surface area contributed by atoms with Gasteiger partial charge in [0.1, 0.15) is 5.65 Å². The maximum atomic E-state index is 4.66. The summed E-state index contributed by atoms with van der Waals surface area (Å²) >= 11 is 1.80. The van der Waals surface area contributed by atoms with Gasteiger partial charge in [0.05, 0.1) is 12.7 Å². The van der Waals surface area contributed by atoms with Crippen LogP contribution in [-0.2, 0) is 6.54 Å². The van der Waals surface area contributed by atoms with Gasteiger partial charge in [-0.2, -0.15) is 5.10 Å². The van der Waals surface area contributed by atoms with E-state index in [9.17, 15) is 0 Å². The van der Waals surface area contributed by atoms with Gasteiger partial charge in [-0.3, -0.25) is 4.68 Å². The van der Waals surface area contributed by atoms with Crippen molar-refractivity contribution >= 4 is 28.6 Å². The molecule has 0 fully saturated rings. The molecule has 0 saturated carbocycles. The summed E-state index contributed by atoms with van der Waals surface area (Å²) in [6, 6.07) is 2.25. The van der Waals surface area contributed by atoms with Gasteiger partial charge in [0.25, 0.3) is 0 Å². The second kappa shape index (κ2) is 8.68. The predicted octanol–water partition coefficient (Wildman–Crippen LogP) is 5.09. The Bertz CT molecular complexity index is 1100. The van der Waals surface area contributed by atoms with Crippen LogP contribution in [0.25, 0.3) is 27.7 Å². The van der Waals surface area contributed by atoms with E-state index in [1.807, 2.05) is 35.4 Å². The average Bonchev–Trinajstić information content (AvgIpc) is 3.39. The fourth-order valence-corrected chi connectivity index (χ4v) is 4.11. The molecule has 6 heteroatoms. The molecule has 1 aliphatic rings. The molecule has 5 nitrogen and oxygen atoms in total. The van der Waals surface area contributed by atoms with Crippen LogP contribution in [0.2, 0.25) is 0 Å². The van der Waals surface area contributed by atoms with E-state index in [1.165, 1.54) is 11.1 Å². The van der Waals surface area contributed by atoms with Crippen molar-refractivity contribution in [1.29, 1.82) is 0 Å². The molecule has 1 N–H and O–H groups in total. The molecule has 1 aliphatic heterocycles. The Hall–Kier alpha value is -2.83. The Labute approximate surface area is 175 Å². The fourth-order valence-electron chi connectivity index (χ4n) is 3.61. The van der Waals surface area contributed by atoms with Gasteiger partial charge in [0, 0.05) is 48.2 Å². The Morgan fingerprint density at radius 3 is 2.93 bits per heavy atom. The standard InChI is InChI=1S/C23H25N5S/c1-4-6-17(5-2)15-27-16-20(13-26-27)22-14-25-23-21(22)11-19(12-24-23)18-7-9-28(29-3)10-8-18/h4-7,11-14,16H,1-2,8-10,15H2,3H3,(H,24,25)/b17-6+. The molecule has 4 heterocycles. The van der Waals surface area contributed by atoms with Gasteiger partial charge in [-0.05, 0) is 35.5 Å². The number of pyridine rings is 1. The van der Waals surface area contributed by atoms with Gasteiger partial charge in [-0.1, -0.05) is 49.4 Å². The van der Waals surface area contributed by atoms with Gasteiger partial charge < -0.3 is 4.98 Å². The number of H-pyrrole nitrogens is 1. The number of fused-ring (bicyclic) bond motifs is 1. The number of allylic oxidation sites excluding steroid dienone is 4. The number of nitrogens with one attached hydrogen (secondary N) is 1. The van der Waals surface area contributed by atoms with Crippen molar-refractivity contribution in [2.24, 2.45) is 0 Å². The minimum atomic E-state index is 0.667. The Balaban J connectivity index is 1.64. The first-order chi connectivity index (χ1) is 14.2. The van der Waals surface area contributed by atoms with E-state index in [0.717, 1.165) is 47.2 Å². The molecular formula is C23H25N5S. The first kappa shape index (κ1) is 19.5. The van der Waals surface area contributed by atoms with E-state index in [0.29, 0.717) is 6.54 Å². The molecule has 0 amide bonds. The molecule has 29 heavy (non-hydrogen) atoms. The highest BCUT2D eigenvalue weighted by Gasteiger charge is 2.15. The van der Waals surface area contributed by atoms with Crippen molar-refractivity contribution in [2.75, 3.05) is 19.3 Å². The lowest BCUT2D eigenvalue weighted by Gasteiger charge is -2.23. The van der Waals surface area contributed by atoms with E-state index in [1.54, 1.807) is 18.0 Å².